The van der Waals surface area contributed by atoms with E-state index in [1.165, 1.54) is 17.7 Å². The Labute approximate surface area is 122 Å². The normalized spacial score (nSPS) is 10.8. The number of aryl methyl sites for hydroxylation is 1. The minimum atomic E-state index is -0.283. The first-order valence-corrected chi connectivity index (χ1v) is 6.66. The fraction of sp³-hybridized carbons (Fsp3) is 0.125. The molecule has 106 valence electrons. The Hall–Kier alpha value is -2.53. The third-order valence-electron chi connectivity index (χ3n) is 3.33. The van der Waals surface area contributed by atoms with Gasteiger partial charge < -0.3 is 5.73 Å². The largest absolute Gasteiger partial charge is 0.325 e. The van der Waals surface area contributed by atoms with E-state index in [-0.39, 0.29) is 5.82 Å². The van der Waals surface area contributed by atoms with E-state index in [0.29, 0.717) is 12.2 Å². The summed E-state index contributed by atoms with van der Waals surface area (Å²) in [5.74, 6) is -0.283. The standard InChI is InChI=1S/C16H15FN4/c1-11-2-4-12(5-3-11)16-15(10-18)19-20-21(16)14-8-6-13(17)7-9-14/h2-9H,10,18H2,1H3. The zero-order chi connectivity index (χ0) is 14.8. The molecule has 1 aromatic heterocycles. The summed E-state index contributed by atoms with van der Waals surface area (Å²) in [5, 5.41) is 8.28. The van der Waals surface area contributed by atoms with Crippen molar-refractivity contribution in [2.24, 2.45) is 5.73 Å². The molecule has 3 aromatic rings. The van der Waals surface area contributed by atoms with E-state index in [0.717, 1.165) is 16.9 Å². The third kappa shape index (κ3) is 2.55. The second-order valence-corrected chi connectivity index (χ2v) is 4.84. The van der Waals surface area contributed by atoms with Crippen LogP contribution in [0, 0.1) is 12.7 Å². The predicted octanol–water partition coefficient (Wildman–Crippen LogP) is 2.84. The van der Waals surface area contributed by atoms with Crippen LogP contribution in [0.4, 0.5) is 4.39 Å². The fourth-order valence-electron chi connectivity index (χ4n) is 2.21. The Morgan fingerprint density at radius 3 is 2.33 bits per heavy atom. The minimum Gasteiger partial charge on any atom is -0.325 e. The fourth-order valence-corrected chi connectivity index (χ4v) is 2.21. The van der Waals surface area contributed by atoms with Crippen LogP contribution in [0.3, 0.4) is 0 Å². The number of rotatable bonds is 3. The van der Waals surface area contributed by atoms with E-state index < -0.39 is 0 Å². The second kappa shape index (κ2) is 5.46. The molecule has 2 aromatic carbocycles. The monoisotopic (exact) mass is 282 g/mol. The highest BCUT2D eigenvalue weighted by Crippen LogP contribution is 2.25. The van der Waals surface area contributed by atoms with Gasteiger partial charge in [0.25, 0.3) is 0 Å². The Morgan fingerprint density at radius 1 is 1.05 bits per heavy atom. The second-order valence-electron chi connectivity index (χ2n) is 4.84. The molecule has 0 saturated carbocycles. The maximum absolute atomic E-state index is 13.1. The first-order valence-electron chi connectivity index (χ1n) is 6.66. The molecule has 0 atom stereocenters. The van der Waals surface area contributed by atoms with Crippen LogP contribution in [0.15, 0.2) is 48.5 Å². The molecule has 2 N–H and O–H groups in total. The molecule has 0 radical (unpaired) electrons. The van der Waals surface area contributed by atoms with Crippen LogP contribution in [-0.4, -0.2) is 15.0 Å². The van der Waals surface area contributed by atoms with Crippen molar-refractivity contribution in [3.8, 4) is 16.9 Å². The first-order chi connectivity index (χ1) is 10.2. The van der Waals surface area contributed by atoms with Gasteiger partial charge in [0.05, 0.1) is 11.4 Å². The highest BCUT2D eigenvalue weighted by Gasteiger charge is 2.15. The smallest absolute Gasteiger partial charge is 0.123 e. The summed E-state index contributed by atoms with van der Waals surface area (Å²) in [5.41, 5.74) is 10.2. The van der Waals surface area contributed by atoms with Gasteiger partial charge >= 0.3 is 0 Å². The van der Waals surface area contributed by atoms with Gasteiger partial charge in [0.15, 0.2) is 0 Å². The number of hydrogen-bond donors (Lipinski definition) is 1. The Bertz CT molecular complexity index is 745. The molecule has 3 rings (SSSR count). The molecule has 0 aliphatic heterocycles. The summed E-state index contributed by atoms with van der Waals surface area (Å²) in [6.07, 6.45) is 0. The molecule has 0 bridgehead atoms. The van der Waals surface area contributed by atoms with Crippen molar-refractivity contribution in [3.63, 3.8) is 0 Å². The number of halogens is 1. The minimum absolute atomic E-state index is 0.283. The Kier molecular flexibility index (Phi) is 3.50. The summed E-state index contributed by atoms with van der Waals surface area (Å²) in [7, 11) is 0. The molecule has 0 aliphatic carbocycles. The predicted molar refractivity (Wildman–Crippen MR) is 79.4 cm³/mol. The van der Waals surface area contributed by atoms with E-state index in [1.54, 1.807) is 16.8 Å². The highest BCUT2D eigenvalue weighted by molar-refractivity contribution is 5.64. The van der Waals surface area contributed by atoms with Crippen LogP contribution in [0.2, 0.25) is 0 Å². The summed E-state index contributed by atoms with van der Waals surface area (Å²) >= 11 is 0. The number of nitrogens with two attached hydrogens (primary N) is 1. The lowest BCUT2D eigenvalue weighted by Gasteiger charge is -2.08. The average Bonchev–Trinajstić information content (AvgIpc) is 2.93. The van der Waals surface area contributed by atoms with Crippen molar-refractivity contribution >= 4 is 0 Å². The maximum Gasteiger partial charge on any atom is 0.123 e. The molecule has 21 heavy (non-hydrogen) atoms. The van der Waals surface area contributed by atoms with Gasteiger partial charge in [0.1, 0.15) is 11.5 Å². The van der Waals surface area contributed by atoms with Gasteiger partial charge in [-0.25, -0.2) is 9.07 Å². The van der Waals surface area contributed by atoms with Crippen molar-refractivity contribution in [1.82, 2.24) is 15.0 Å². The molecular weight excluding hydrogens is 267 g/mol. The molecule has 0 spiro atoms. The van der Waals surface area contributed by atoms with Crippen LogP contribution >= 0.6 is 0 Å². The van der Waals surface area contributed by atoms with Crippen molar-refractivity contribution in [2.75, 3.05) is 0 Å². The first kappa shape index (κ1) is 13.5. The summed E-state index contributed by atoms with van der Waals surface area (Å²) < 4.78 is 14.8. The number of aromatic nitrogens is 3. The van der Waals surface area contributed by atoms with Crippen molar-refractivity contribution in [1.29, 1.82) is 0 Å². The maximum atomic E-state index is 13.1. The lowest BCUT2D eigenvalue weighted by molar-refractivity contribution is 0.627. The molecule has 1 heterocycles. The van der Waals surface area contributed by atoms with Gasteiger partial charge in [0.2, 0.25) is 0 Å². The SMILES string of the molecule is Cc1ccc(-c2c(CN)nnn2-c2ccc(F)cc2)cc1. The lowest BCUT2D eigenvalue weighted by Crippen LogP contribution is -2.02. The zero-order valence-corrected chi connectivity index (χ0v) is 11.6. The van der Waals surface area contributed by atoms with E-state index in [9.17, 15) is 4.39 Å². The molecular formula is C16H15FN4. The van der Waals surface area contributed by atoms with E-state index in [2.05, 4.69) is 10.3 Å². The van der Waals surface area contributed by atoms with Gasteiger partial charge in [-0.2, -0.15) is 0 Å². The summed E-state index contributed by atoms with van der Waals surface area (Å²) in [4.78, 5) is 0. The third-order valence-corrected chi connectivity index (χ3v) is 3.33. The Balaban J connectivity index is 2.16. The highest BCUT2D eigenvalue weighted by atomic mass is 19.1. The Morgan fingerprint density at radius 2 is 1.71 bits per heavy atom. The van der Waals surface area contributed by atoms with Crippen molar-refractivity contribution in [3.05, 3.63) is 65.6 Å². The average molecular weight is 282 g/mol. The summed E-state index contributed by atoms with van der Waals surface area (Å²) in [6.45, 7) is 2.33. The van der Waals surface area contributed by atoms with Crippen LogP contribution in [0.5, 0.6) is 0 Å². The van der Waals surface area contributed by atoms with Crippen LogP contribution in [0.25, 0.3) is 16.9 Å². The van der Waals surface area contributed by atoms with Crippen LogP contribution in [-0.2, 0) is 6.54 Å². The molecule has 0 saturated heterocycles. The number of nitrogens with zero attached hydrogens (tertiary/aromatic N) is 3. The molecule has 0 aliphatic rings. The summed E-state index contributed by atoms with van der Waals surface area (Å²) in [6, 6.07) is 14.2. The van der Waals surface area contributed by atoms with Gasteiger partial charge in [-0.15, -0.1) is 5.10 Å². The van der Waals surface area contributed by atoms with Gasteiger partial charge in [0, 0.05) is 12.1 Å². The molecule has 0 unspecified atom stereocenters. The molecule has 0 fully saturated rings. The number of hydrogen-bond acceptors (Lipinski definition) is 3. The van der Waals surface area contributed by atoms with E-state index >= 15 is 0 Å². The molecule has 0 amide bonds. The van der Waals surface area contributed by atoms with Gasteiger partial charge in [-0.1, -0.05) is 35.0 Å². The molecule has 5 heteroatoms. The quantitative estimate of drug-likeness (QED) is 0.803. The topological polar surface area (TPSA) is 56.7 Å². The van der Waals surface area contributed by atoms with Gasteiger partial charge in [-0.05, 0) is 31.2 Å². The number of benzene rings is 2. The van der Waals surface area contributed by atoms with Crippen LogP contribution < -0.4 is 5.73 Å². The zero-order valence-electron chi connectivity index (χ0n) is 11.6. The molecule has 4 nitrogen and oxygen atoms in total. The van der Waals surface area contributed by atoms with E-state index in [4.69, 9.17) is 5.73 Å². The van der Waals surface area contributed by atoms with Crippen LogP contribution in [0.1, 0.15) is 11.3 Å². The van der Waals surface area contributed by atoms with E-state index in [1.807, 2.05) is 31.2 Å². The lowest BCUT2D eigenvalue weighted by atomic mass is 10.1. The van der Waals surface area contributed by atoms with Gasteiger partial charge in [-0.3, -0.25) is 0 Å². The van der Waals surface area contributed by atoms with Crippen molar-refractivity contribution in [2.45, 2.75) is 13.5 Å². The van der Waals surface area contributed by atoms with Crippen molar-refractivity contribution < 1.29 is 4.39 Å².